The number of halogens is 2. The highest BCUT2D eigenvalue weighted by Gasteiger charge is 2.16. The van der Waals surface area contributed by atoms with Gasteiger partial charge in [-0.3, -0.25) is 9.69 Å². The number of benzene rings is 2. The molecular weight excluding hydrogens is 456 g/mol. The molecule has 1 fully saturated rings. The summed E-state index contributed by atoms with van der Waals surface area (Å²) in [5.74, 6) is -1.29. The molecule has 0 unspecified atom stereocenters. The summed E-state index contributed by atoms with van der Waals surface area (Å²) in [6.45, 7) is 3.19. The molecule has 0 saturated carbocycles. The molecule has 10 heteroatoms. The zero-order valence-corrected chi connectivity index (χ0v) is 19.3. The smallest absolute Gasteiger partial charge is 0.234 e. The molecule has 2 heterocycles. The number of hydrogen-bond donors (Lipinski definition) is 3. The Morgan fingerprint density at radius 1 is 1.17 bits per heavy atom. The van der Waals surface area contributed by atoms with Crippen LogP contribution in [0.4, 0.5) is 26.0 Å². The number of nitrogen functional groups attached to an aromatic ring is 1. The molecule has 35 heavy (non-hydrogen) atoms. The third-order valence-corrected chi connectivity index (χ3v) is 5.87. The average molecular weight is 484 g/mol. The maximum Gasteiger partial charge on any atom is 0.234 e. The third-order valence-electron chi connectivity index (χ3n) is 5.87. The van der Waals surface area contributed by atoms with Crippen molar-refractivity contribution in [3.8, 4) is 17.0 Å². The Labute approximate surface area is 201 Å². The molecule has 1 amide bonds. The van der Waals surface area contributed by atoms with Crippen molar-refractivity contribution in [1.82, 2.24) is 15.2 Å². The van der Waals surface area contributed by atoms with Gasteiger partial charge in [0.2, 0.25) is 5.91 Å². The summed E-state index contributed by atoms with van der Waals surface area (Å²) in [7, 11) is 1.64. The van der Waals surface area contributed by atoms with E-state index in [9.17, 15) is 18.7 Å². The summed E-state index contributed by atoms with van der Waals surface area (Å²) >= 11 is 0. The number of carbonyl (C=O) groups excluding carboxylic acids is 1. The number of nitrogens with one attached hydrogen (secondary N) is 1. The summed E-state index contributed by atoms with van der Waals surface area (Å²) in [5, 5.41) is 13.3. The minimum absolute atomic E-state index is 0.0276. The monoisotopic (exact) mass is 483 g/mol. The van der Waals surface area contributed by atoms with E-state index in [-0.39, 0.29) is 36.3 Å². The molecule has 184 valence electrons. The first kappa shape index (κ1) is 24.4. The van der Waals surface area contributed by atoms with Crippen LogP contribution in [-0.2, 0) is 16.1 Å². The van der Waals surface area contributed by atoms with Crippen molar-refractivity contribution < 1.29 is 23.4 Å². The number of morpholine rings is 1. The number of aromatic hydroxyl groups is 1. The molecule has 1 aliphatic heterocycles. The second kappa shape index (κ2) is 10.7. The van der Waals surface area contributed by atoms with Crippen LogP contribution in [0, 0.1) is 11.6 Å². The maximum absolute atomic E-state index is 14.2. The predicted octanol–water partition coefficient (Wildman–Crippen LogP) is 3.03. The van der Waals surface area contributed by atoms with Crippen LogP contribution in [0.25, 0.3) is 11.3 Å². The fourth-order valence-corrected chi connectivity index (χ4v) is 3.85. The summed E-state index contributed by atoms with van der Waals surface area (Å²) in [4.78, 5) is 20.2. The fourth-order valence-electron chi connectivity index (χ4n) is 3.85. The molecular formula is C25H27F2N5O3. The number of nitrogens with zero attached hydrogens (tertiary/aromatic N) is 3. The van der Waals surface area contributed by atoms with Crippen LogP contribution >= 0.6 is 0 Å². The number of hydrogen-bond acceptors (Lipinski definition) is 7. The van der Waals surface area contributed by atoms with Gasteiger partial charge in [-0.25, -0.2) is 13.8 Å². The lowest BCUT2D eigenvalue weighted by Crippen LogP contribution is -2.43. The standard InChI is InChI=1S/C25H27F2N5O3/c1-31(22-6-3-17(26)12-20(22)27)18-4-7-23(33)19(13-18)21-5-2-16(25(28)30-21)14-29-24(34)15-32-8-10-35-11-9-32/h2-7,12-13,33H,8-11,14-15H2,1H3,(H2,28,30)(H,29,34). The zero-order valence-electron chi connectivity index (χ0n) is 19.3. The summed E-state index contributed by atoms with van der Waals surface area (Å²) < 4.78 is 32.8. The lowest BCUT2D eigenvalue weighted by atomic mass is 10.1. The van der Waals surface area contributed by atoms with Gasteiger partial charge in [-0.1, -0.05) is 6.07 Å². The van der Waals surface area contributed by atoms with Crippen LogP contribution in [0.3, 0.4) is 0 Å². The minimum atomic E-state index is -0.704. The SMILES string of the molecule is CN(c1ccc(O)c(-c2ccc(CNC(=O)CN3CCOCC3)c(N)n2)c1)c1ccc(F)cc1F. The van der Waals surface area contributed by atoms with Crippen molar-refractivity contribution in [3.63, 3.8) is 0 Å². The normalized spacial score (nSPS) is 14.0. The van der Waals surface area contributed by atoms with Gasteiger partial charge in [-0.15, -0.1) is 0 Å². The highest BCUT2D eigenvalue weighted by atomic mass is 19.1. The van der Waals surface area contributed by atoms with Crippen LogP contribution in [0.2, 0.25) is 0 Å². The van der Waals surface area contributed by atoms with E-state index < -0.39 is 11.6 Å². The van der Waals surface area contributed by atoms with Crippen LogP contribution in [0.1, 0.15) is 5.56 Å². The molecule has 0 atom stereocenters. The number of nitrogens with two attached hydrogens (primary N) is 1. The van der Waals surface area contributed by atoms with Gasteiger partial charge in [0, 0.05) is 49.6 Å². The van der Waals surface area contributed by atoms with Crippen molar-refractivity contribution in [2.75, 3.05) is 50.5 Å². The fraction of sp³-hybridized carbons (Fsp3) is 0.280. The van der Waals surface area contributed by atoms with E-state index in [1.54, 1.807) is 36.2 Å². The molecule has 4 rings (SSSR count). The molecule has 1 aromatic heterocycles. The number of carbonyl (C=O) groups is 1. The highest BCUT2D eigenvalue weighted by Crippen LogP contribution is 2.35. The Hall–Kier alpha value is -3.76. The first-order valence-electron chi connectivity index (χ1n) is 11.2. The van der Waals surface area contributed by atoms with E-state index >= 15 is 0 Å². The van der Waals surface area contributed by atoms with Crippen molar-refractivity contribution in [2.45, 2.75) is 6.54 Å². The van der Waals surface area contributed by atoms with Gasteiger partial charge in [-0.05, 0) is 36.4 Å². The molecule has 0 spiro atoms. The quantitative estimate of drug-likeness (QED) is 0.475. The first-order valence-corrected chi connectivity index (χ1v) is 11.2. The Bertz CT molecular complexity index is 1220. The number of amides is 1. The van der Waals surface area contributed by atoms with E-state index in [0.717, 1.165) is 19.2 Å². The summed E-state index contributed by atoms with van der Waals surface area (Å²) in [6, 6.07) is 11.5. The number of phenolic OH excluding ortho intramolecular Hbond substituents is 1. The van der Waals surface area contributed by atoms with Crippen LogP contribution < -0.4 is 16.0 Å². The van der Waals surface area contributed by atoms with E-state index in [0.29, 0.717) is 35.7 Å². The van der Waals surface area contributed by atoms with Gasteiger partial charge in [0.15, 0.2) is 0 Å². The van der Waals surface area contributed by atoms with Gasteiger partial charge < -0.3 is 25.8 Å². The van der Waals surface area contributed by atoms with Crippen LogP contribution in [-0.4, -0.2) is 60.8 Å². The Morgan fingerprint density at radius 2 is 1.94 bits per heavy atom. The topological polar surface area (TPSA) is 104 Å². The maximum atomic E-state index is 14.2. The van der Waals surface area contributed by atoms with Gasteiger partial charge in [0.05, 0.1) is 31.1 Å². The molecule has 3 aromatic rings. The molecule has 0 radical (unpaired) electrons. The van der Waals surface area contributed by atoms with E-state index in [1.807, 2.05) is 4.90 Å². The van der Waals surface area contributed by atoms with Gasteiger partial charge in [0.25, 0.3) is 0 Å². The minimum Gasteiger partial charge on any atom is -0.507 e. The van der Waals surface area contributed by atoms with Crippen LogP contribution in [0.5, 0.6) is 5.75 Å². The average Bonchev–Trinajstić information content (AvgIpc) is 2.84. The first-order chi connectivity index (χ1) is 16.8. The second-order valence-corrected chi connectivity index (χ2v) is 8.26. The van der Waals surface area contributed by atoms with Gasteiger partial charge in [0.1, 0.15) is 23.2 Å². The summed E-state index contributed by atoms with van der Waals surface area (Å²) in [5.41, 5.74) is 8.33. The number of rotatable bonds is 7. The summed E-state index contributed by atoms with van der Waals surface area (Å²) in [6.07, 6.45) is 0. The lowest BCUT2D eigenvalue weighted by Gasteiger charge is -2.25. The number of phenols is 1. The van der Waals surface area contributed by atoms with Crippen molar-refractivity contribution >= 4 is 23.1 Å². The predicted molar refractivity (Wildman–Crippen MR) is 129 cm³/mol. The number of pyridine rings is 1. The number of anilines is 3. The highest BCUT2D eigenvalue weighted by molar-refractivity contribution is 5.78. The number of ether oxygens (including phenoxy) is 1. The molecule has 0 bridgehead atoms. The van der Waals surface area contributed by atoms with Gasteiger partial charge in [-0.2, -0.15) is 0 Å². The lowest BCUT2D eigenvalue weighted by molar-refractivity contribution is -0.123. The molecule has 0 aliphatic carbocycles. The largest absolute Gasteiger partial charge is 0.507 e. The van der Waals surface area contributed by atoms with E-state index in [2.05, 4.69) is 10.3 Å². The zero-order chi connectivity index (χ0) is 24.9. The Kier molecular flexibility index (Phi) is 7.42. The number of aromatic nitrogens is 1. The Morgan fingerprint density at radius 3 is 2.66 bits per heavy atom. The molecule has 1 aliphatic rings. The van der Waals surface area contributed by atoms with Crippen molar-refractivity contribution in [3.05, 3.63) is 65.7 Å². The molecule has 2 aromatic carbocycles. The van der Waals surface area contributed by atoms with E-state index in [4.69, 9.17) is 10.5 Å². The van der Waals surface area contributed by atoms with Crippen LogP contribution in [0.15, 0.2) is 48.5 Å². The van der Waals surface area contributed by atoms with Gasteiger partial charge >= 0.3 is 0 Å². The van der Waals surface area contributed by atoms with Crippen molar-refractivity contribution in [2.24, 2.45) is 0 Å². The van der Waals surface area contributed by atoms with Crippen molar-refractivity contribution in [1.29, 1.82) is 0 Å². The second-order valence-electron chi connectivity index (χ2n) is 8.26. The Balaban J connectivity index is 1.48. The van der Waals surface area contributed by atoms with E-state index in [1.165, 1.54) is 18.2 Å². The molecule has 4 N–H and O–H groups in total. The molecule has 8 nitrogen and oxygen atoms in total. The molecule has 1 saturated heterocycles. The third kappa shape index (κ3) is 5.84.